The van der Waals surface area contributed by atoms with Crippen LogP contribution in [0.2, 0.25) is 0 Å². The maximum atomic E-state index is 12.2. The highest BCUT2D eigenvalue weighted by Crippen LogP contribution is 2.45. The van der Waals surface area contributed by atoms with Gasteiger partial charge in [0, 0.05) is 18.2 Å². The minimum Gasteiger partial charge on any atom is -0.468 e. The lowest BCUT2D eigenvalue weighted by atomic mass is 9.61. The Hall–Kier alpha value is -2.31. The number of benzene rings is 1. The van der Waals surface area contributed by atoms with Gasteiger partial charge in [0.2, 0.25) is 5.91 Å². The summed E-state index contributed by atoms with van der Waals surface area (Å²) in [6.45, 7) is 1.90. The van der Waals surface area contributed by atoms with Crippen molar-refractivity contribution < 1.29 is 27.5 Å². The fourth-order valence-corrected chi connectivity index (χ4v) is 2.96. The van der Waals surface area contributed by atoms with Gasteiger partial charge in [-0.2, -0.15) is 13.2 Å². The summed E-state index contributed by atoms with van der Waals surface area (Å²) in [5.74, 6) is -1.25. The summed E-state index contributed by atoms with van der Waals surface area (Å²) in [7, 11) is 1.29. The van der Waals surface area contributed by atoms with E-state index in [0.29, 0.717) is 6.08 Å². The molecular weight excluding hydrogens is 323 g/mol. The van der Waals surface area contributed by atoms with Crippen LogP contribution in [-0.2, 0) is 19.7 Å². The standard InChI is InChI=1S/C17H18F3NO3/c1-11-4-3-5-12(8-11)16(15(23)24-2)9-13(10-16)21-14(22)6-7-17(18,19)20/h3-8,13H,9-10H2,1-2H3,(H,21,22)/b7-6+. The molecule has 1 fully saturated rings. The van der Waals surface area contributed by atoms with Crippen molar-refractivity contribution in [2.24, 2.45) is 0 Å². The highest BCUT2D eigenvalue weighted by Gasteiger charge is 2.52. The summed E-state index contributed by atoms with van der Waals surface area (Å²) < 4.78 is 41.0. The van der Waals surface area contributed by atoms with Gasteiger partial charge in [-0.1, -0.05) is 29.8 Å². The number of esters is 1. The number of rotatable bonds is 4. The summed E-state index contributed by atoms with van der Waals surface area (Å²) in [5, 5.41) is 2.47. The average Bonchev–Trinajstić information content (AvgIpc) is 2.47. The molecule has 2 rings (SSSR count). The third kappa shape index (κ3) is 3.96. The van der Waals surface area contributed by atoms with Gasteiger partial charge < -0.3 is 10.1 Å². The quantitative estimate of drug-likeness (QED) is 0.677. The molecule has 0 spiro atoms. The number of hydrogen-bond acceptors (Lipinski definition) is 3. The van der Waals surface area contributed by atoms with E-state index in [4.69, 9.17) is 4.74 Å². The van der Waals surface area contributed by atoms with Gasteiger partial charge in [0.05, 0.1) is 12.5 Å². The minimum atomic E-state index is -4.53. The van der Waals surface area contributed by atoms with Gasteiger partial charge in [0.25, 0.3) is 0 Å². The van der Waals surface area contributed by atoms with Crippen LogP contribution in [0.15, 0.2) is 36.4 Å². The molecule has 7 heteroatoms. The van der Waals surface area contributed by atoms with Gasteiger partial charge in [0.15, 0.2) is 0 Å². The first-order valence-corrected chi connectivity index (χ1v) is 7.38. The molecule has 1 aromatic carbocycles. The number of ether oxygens (including phenoxy) is 1. The monoisotopic (exact) mass is 341 g/mol. The van der Waals surface area contributed by atoms with Crippen LogP contribution in [0.5, 0.6) is 0 Å². The molecule has 0 bridgehead atoms. The molecule has 1 amide bonds. The minimum absolute atomic E-state index is 0.116. The van der Waals surface area contributed by atoms with Gasteiger partial charge >= 0.3 is 12.1 Å². The normalized spacial score (nSPS) is 23.6. The molecular formula is C17H18F3NO3. The van der Waals surface area contributed by atoms with Crippen molar-refractivity contribution in [2.75, 3.05) is 7.11 Å². The summed E-state index contributed by atoms with van der Waals surface area (Å²) in [4.78, 5) is 23.7. The van der Waals surface area contributed by atoms with Crippen LogP contribution in [0.3, 0.4) is 0 Å². The highest BCUT2D eigenvalue weighted by molar-refractivity contribution is 5.89. The second-order valence-electron chi connectivity index (χ2n) is 5.93. The summed E-state index contributed by atoms with van der Waals surface area (Å²) in [5.41, 5.74) is 0.897. The molecule has 0 heterocycles. The van der Waals surface area contributed by atoms with E-state index >= 15 is 0 Å². The molecule has 0 unspecified atom stereocenters. The van der Waals surface area contributed by atoms with Crippen LogP contribution in [0, 0.1) is 6.92 Å². The third-order valence-electron chi connectivity index (χ3n) is 4.11. The molecule has 1 aromatic rings. The van der Waals surface area contributed by atoms with Gasteiger partial charge in [-0.05, 0) is 25.3 Å². The molecule has 0 aliphatic heterocycles. The Kier molecular flexibility index (Phi) is 5.01. The maximum absolute atomic E-state index is 12.2. The summed E-state index contributed by atoms with van der Waals surface area (Å²) in [6, 6.07) is 7.03. The number of hydrogen-bond donors (Lipinski definition) is 1. The Bertz CT molecular complexity index is 661. The van der Waals surface area contributed by atoms with E-state index in [1.165, 1.54) is 7.11 Å². The molecule has 1 saturated carbocycles. The topological polar surface area (TPSA) is 55.4 Å². The van der Waals surface area contributed by atoms with Crippen molar-refractivity contribution in [1.82, 2.24) is 5.32 Å². The van der Waals surface area contributed by atoms with Crippen molar-refractivity contribution in [2.45, 2.75) is 37.4 Å². The number of amides is 1. The van der Waals surface area contributed by atoms with Gasteiger partial charge in [-0.3, -0.25) is 9.59 Å². The molecule has 0 saturated heterocycles. The zero-order valence-electron chi connectivity index (χ0n) is 13.3. The zero-order valence-corrected chi connectivity index (χ0v) is 13.3. The number of nitrogens with one attached hydrogen (secondary N) is 1. The van der Waals surface area contributed by atoms with E-state index in [2.05, 4.69) is 5.32 Å². The Balaban J connectivity index is 2.07. The van der Waals surface area contributed by atoms with Gasteiger partial charge in [-0.25, -0.2) is 0 Å². The molecule has 0 aromatic heterocycles. The van der Waals surface area contributed by atoms with Gasteiger partial charge in [-0.15, -0.1) is 0 Å². The number of carbonyl (C=O) groups excluding carboxylic acids is 2. The fourth-order valence-electron chi connectivity index (χ4n) is 2.96. The molecule has 4 nitrogen and oxygen atoms in total. The van der Waals surface area contributed by atoms with Crippen LogP contribution >= 0.6 is 0 Å². The largest absolute Gasteiger partial charge is 0.468 e. The molecule has 0 atom stereocenters. The predicted molar refractivity (Wildman–Crippen MR) is 81.2 cm³/mol. The summed E-state index contributed by atoms with van der Waals surface area (Å²) >= 11 is 0. The molecule has 1 N–H and O–H groups in total. The molecule has 130 valence electrons. The van der Waals surface area contributed by atoms with Gasteiger partial charge in [0.1, 0.15) is 0 Å². The van der Waals surface area contributed by atoms with Crippen LogP contribution < -0.4 is 5.32 Å². The number of halogens is 3. The average molecular weight is 341 g/mol. The van der Waals surface area contributed by atoms with E-state index in [9.17, 15) is 22.8 Å². The Morgan fingerprint density at radius 1 is 1.33 bits per heavy atom. The zero-order chi connectivity index (χ0) is 18.0. The Morgan fingerprint density at radius 2 is 2.00 bits per heavy atom. The number of alkyl halides is 3. The van der Waals surface area contributed by atoms with E-state index in [-0.39, 0.29) is 25.0 Å². The fraction of sp³-hybridized carbons (Fsp3) is 0.412. The van der Waals surface area contributed by atoms with Crippen molar-refractivity contribution in [1.29, 1.82) is 0 Å². The SMILES string of the molecule is COC(=O)C1(c2cccc(C)c2)CC(NC(=O)/C=C/C(F)(F)F)C1. The Labute approximate surface area is 137 Å². The number of methoxy groups -OCH3 is 1. The first-order chi connectivity index (χ1) is 11.2. The first kappa shape index (κ1) is 18.0. The van der Waals surface area contributed by atoms with Crippen LogP contribution in [0.1, 0.15) is 24.0 Å². The third-order valence-corrected chi connectivity index (χ3v) is 4.11. The maximum Gasteiger partial charge on any atom is 0.409 e. The van der Waals surface area contributed by atoms with Crippen LogP contribution in [0.25, 0.3) is 0 Å². The molecule has 0 radical (unpaired) electrons. The van der Waals surface area contributed by atoms with Crippen LogP contribution in [0.4, 0.5) is 13.2 Å². The highest BCUT2D eigenvalue weighted by atomic mass is 19.4. The van der Waals surface area contributed by atoms with Crippen molar-refractivity contribution in [3.8, 4) is 0 Å². The number of aryl methyl sites for hydroxylation is 1. The molecule has 1 aliphatic carbocycles. The molecule has 24 heavy (non-hydrogen) atoms. The Morgan fingerprint density at radius 3 is 2.54 bits per heavy atom. The van der Waals surface area contributed by atoms with Crippen LogP contribution in [-0.4, -0.2) is 31.2 Å². The first-order valence-electron chi connectivity index (χ1n) is 7.38. The number of carbonyl (C=O) groups is 2. The van der Waals surface area contributed by atoms with Crippen molar-refractivity contribution in [3.05, 3.63) is 47.5 Å². The van der Waals surface area contributed by atoms with E-state index < -0.39 is 23.5 Å². The van der Waals surface area contributed by atoms with Crippen molar-refractivity contribution in [3.63, 3.8) is 0 Å². The lowest BCUT2D eigenvalue weighted by Gasteiger charge is -2.45. The predicted octanol–water partition coefficient (Wildman–Crippen LogP) is 2.80. The lowest BCUT2D eigenvalue weighted by molar-refractivity contribution is -0.153. The molecule has 1 aliphatic rings. The van der Waals surface area contributed by atoms with E-state index in [1.807, 2.05) is 31.2 Å². The summed E-state index contributed by atoms with van der Waals surface area (Å²) in [6.07, 6.45) is -3.63. The van der Waals surface area contributed by atoms with E-state index in [1.54, 1.807) is 0 Å². The second-order valence-corrected chi connectivity index (χ2v) is 5.93. The smallest absolute Gasteiger partial charge is 0.409 e. The lowest BCUT2D eigenvalue weighted by Crippen LogP contribution is -2.57. The second kappa shape index (κ2) is 6.67. The van der Waals surface area contributed by atoms with Crippen molar-refractivity contribution >= 4 is 11.9 Å². The number of allylic oxidation sites excluding steroid dienone is 1. The van der Waals surface area contributed by atoms with E-state index in [0.717, 1.165) is 11.1 Å².